The lowest BCUT2D eigenvalue weighted by atomic mass is 10.1. The number of nitrogens with zero attached hydrogens (tertiary/aromatic N) is 3. The molecular formula is C15H24IN5O2S. The zero-order chi connectivity index (χ0) is 16.7. The number of aromatic nitrogens is 2. The van der Waals surface area contributed by atoms with Gasteiger partial charge in [0.15, 0.2) is 11.8 Å². The predicted octanol–water partition coefficient (Wildman–Crippen LogP) is 2.06. The molecule has 9 heteroatoms. The lowest BCUT2D eigenvalue weighted by molar-refractivity contribution is 0.0711. The lowest BCUT2D eigenvalue weighted by Gasteiger charge is -2.20. The summed E-state index contributed by atoms with van der Waals surface area (Å²) in [6.07, 6.45) is 0.618. The van der Waals surface area contributed by atoms with Crippen LogP contribution in [-0.4, -0.2) is 40.8 Å². The van der Waals surface area contributed by atoms with Crippen molar-refractivity contribution in [2.75, 3.05) is 19.6 Å². The van der Waals surface area contributed by atoms with Crippen molar-refractivity contribution in [3.05, 3.63) is 34.1 Å². The molecule has 0 amide bonds. The molecular weight excluding hydrogens is 441 g/mol. The molecule has 0 aliphatic heterocycles. The van der Waals surface area contributed by atoms with Gasteiger partial charge in [-0.1, -0.05) is 11.2 Å². The Morgan fingerprint density at radius 1 is 1.46 bits per heavy atom. The fourth-order valence-electron chi connectivity index (χ4n) is 1.97. The van der Waals surface area contributed by atoms with Crippen molar-refractivity contribution in [1.82, 2.24) is 20.8 Å². The molecule has 0 aromatic carbocycles. The van der Waals surface area contributed by atoms with Gasteiger partial charge in [0.05, 0.1) is 6.54 Å². The second-order valence-corrected chi connectivity index (χ2v) is 6.31. The van der Waals surface area contributed by atoms with E-state index in [0.29, 0.717) is 30.6 Å². The molecule has 1 atom stereocenters. The second kappa shape index (κ2) is 9.94. The van der Waals surface area contributed by atoms with Gasteiger partial charge in [-0.3, -0.25) is 0 Å². The third kappa shape index (κ3) is 6.36. The monoisotopic (exact) mass is 465 g/mol. The van der Waals surface area contributed by atoms with Gasteiger partial charge in [0.1, 0.15) is 5.60 Å². The number of hydrogen-bond acceptors (Lipinski definition) is 6. The van der Waals surface area contributed by atoms with E-state index in [0.717, 1.165) is 11.4 Å². The molecule has 2 heterocycles. The van der Waals surface area contributed by atoms with Crippen LogP contribution >= 0.6 is 35.3 Å². The van der Waals surface area contributed by atoms with Crippen LogP contribution in [0.25, 0.3) is 0 Å². The van der Waals surface area contributed by atoms with Gasteiger partial charge in [-0.05, 0) is 32.2 Å². The SMILES string of the molecule is CCNC(=NCC(C)(O)c1cccs1)NCCc1nc(C)no1.I. The number of aliphatic hydroxyl groups is 1. The highest BCUT2D eigenvalue weighted by atomic mass is 127. The van der Waals surface area contributed by atoms with E-state index < -0.39 is 5.60 Å². The molecule has 2 aromatic rings. The molecule has 0 radical (unpaired) electrons. The van der Waals surface area contributed by atoms with Gasteiger partial charge >= 0.3 is 0 Å². The van der Waals surface area contributed by atoms with E-state index in [2.05, 4.69) is 25.8 Å². The summed E-state index contributed by atoms with van der Waals surface area (Å²) < 4.78 is 5.07. The topological polar surface area (TPSA) is 95.6 Å². The summed E-state index contributed by atoms with van der Waals surface area (Å²) in [5.41, 5.74) is -0.972. The average molecular weight is 465 g/mol. The Morgan fingerprint density at radius 3 is 2.83 bits per heavy atom. The summed E-state index contributed by atoms with van der Waals surface area (Å²) in [4.78, 5) is 9.52. The highest BCUT2D eigenvalue weighted by molar-refractivity contribution is 14.0. The van der Waals surface area contributed by atoms with Crippen molar-refractivity contribution in [1.29, 1.82) is 0 Å². The molecule has 0 aliphatic rings. The summed E-state index contributed by atoms with van der Waals surface area (Å²) >= 11 is 1.52. The first-order chi connectivity index (χ1) is 11.0. The Bertz CT molecular complexity index is 628. The first kappa shape index (κ1) is 20.8. The van der Waals surface area contributed by atoms with Crippen LogP contribution in [0.15, 0.2) is 27.0 Å². The second-order valence-electron chi connectivity index (χ2n) is 5.36. The van der Waals surface area contributed by atoms with Crippen molar-refractivity contribution in [3.63, 3.8) is 0 Å². The molecule has 2 rings (SSSR count). The Kier molecular flexibility index (Phi) is 8.63. The molecule has 2 aromatic heterocycles. The molecule has 0 saturated heterocycles. The first-order valence-electron chi connectivity index (χ1n) is 7.59. The van der Waals surface area contributed by atoms with Crippen LogP contribution < -0.4 is 10.6 Å². The van der Waals surface area contributed by atoms with Gasteiger partial charge in [0.25, 0.3) is 0 Å². The summed E-state index contributed by atoms with van der Waals surface area (Å²) in [5, 5.41) is 22.6. The number of halogens is 1. The van der Waals surface area contributed by atoms with E-state index in [4.69, 9.17) is 4.52 Å². The smallest absolute Gasteiger partial charge is 0.228 e. The third-order valence-electron chi connectivity index (χ3n) is 3.14. The maximum absolute atomic E-state index is 10.5. The maximum atomic E-state index is 10.5. The van der Waals surface area contributed by atoms with E-state index in [-0.39, 0.29) is 30.5 Å². The van der Waals surface area contributed by atoms with Gasteiger partial charge in [-0.25, -0.2) is 4.99 Å². The number of rotatable bonds is 7. The molecule has 0 aliphatic carbocycles. The van der Waals surface area contributed by atoms with Gasteiger partial charge in [0, 0.05) is 24.4 Å². The van der Waals surface area contributed by atoms with Crippen LogP contribution in [0.1, 0.15) is 30.4 Å². The normalized spacial score (nSPS) is 13.9. The zero-order valence-electron chi connectivity index (χ0n) is 14.1. The molecule has 24 heavy (non-hydrogen) atoms. The lowest BCUT2D eigenvalue weighted by Crippen LogP contribution is -2.39. The summed E-state index contributed by atoms with van der Waals surface area (Å²) in [7, 11) is 0. The molecule has 3 N–H and O–H groups in total. The quantitative estimate of drug-likeness (QED) is 0.329. The van der Waals surface area contributed by atoms with Crippen molar-refractivity contribution in [3.8, 4) is 0 Å². The molecule has 134 valence electrons. The third-order valence-corrected chi connectivity index (χ3v) is 4.27. The van der Waals surface area contributed by atoms with E-state index >= 15 is 0 Å². The van der Waals surface area contributed by atoms with E-state index in [1.54, 1.807) is 13.8 Å². The van der Waals surface area contributed by atoms with Crippen molar-refractivity contribution in [2.45, 2.75) is 32.8 Å². The van der Waals surface area contributed by atoms with Crippen LogP contribution in [0, 0.1) is 6.92 Å². The Balaban J connectivity index is 0.00000288. The highest BCUT2D eigenvalue weighted by Gasteiger charge is 2.23. The van der Waals surface area contributed by atoms with Gasteiger partial charge in [-0.15, -0.1) is 35.3 Å². The Hall–Kier alpha value is -1.20. The number of guanidine groups is 1. The van der Waals surface area contributed by atoms with E-state index in [1.807, 2.05) is 24.4 Å². The minimum absolute atomic E-state index is 0. The summed E-state index contributed by atoms with van der Waals surface area (Å²) in [5.74, 6) is 1.88. The molecule has 0 spiro atoms. The first-order valence-corrected chi connectivity index (χ1v) is 8.47. The van der Waals surface area contributed by atoms with Crippen molar-refractivity contribution in [2.24, 2.45) is 4.99 Å². The average Bonchev–Trinajstić information content (AvgIpc) is 3.17. The minimum Gasteiger partial charge on any atom is -0.383 e. The minimum atomic E-state index is -0.972. The number of hydrogen-bond donors (Lipinski definition) is 3. The Labute approximate surface area is 163 Å². The molecule has 7 nitrogen and oxygen atoms in total. The van der Waals surface area contributed by atoms with E-state index in [9.17, 15) is 5.11 Å². The van der Waals surface area contributed by atoms with Crippen molar-refractivity contribution >= 4 is 41.3 Å². The van der Waals surface area contributed by atoms with Crippen LogP contribution in [0.5, 0.6) is 0 Å². The number of nitrogens with one attached hydrogen (secondary N) is 2. The van der Waals surface area contributed by atoms with Crippen LogP contribution in [0.4, 0.5) is 0 Å². The number of aliphatic imine (C=N–C) groups is 1. The Morgan fingerprint density at radius 2 is 2.25 bits per heavy atom. The van der Waals surface area contributed by atoms with Crippen molar-refractivity contribution < 1.29 is 9.63 Å². The van der Waals surface area contributed by atoms with Crippen LogP contribution in [-0.2, 0) is 12.0 Å². The maximum Gasteiger partial charge on any atom is 0.228 e. The molecule has 1 unspecified atom stereocenters. The van der Waals surface area contributed by atoms with Gasteiger partial charge in [0.2, 0.25) is 5.89 Å². The van der Waals surface area contributed by atoms with E-state index in [1.165, 1.54) is 11.3 Å². The molecule has 0 bridgehead atoms. The summed E-state index contributed by atoms with van der Waals surface area (Å²) in [6.45, 7) is 7.20. The zero-order valence-corrected chi connectivity index (χ0v) is 17.2. The fraction of sp³-hybridized carbons (Fsp3) is 0.533. The summed E-state index contributed by atoms with van der Waals surface area (Å²) in [6, 6.07) is 3.84. The van der Waals surface area contributed by atoms with Gasteiger partial charge < -0.3 is 20.3 Å². The predicted molar refractivity (Wildman–Crippen MR) is 106 cm³/mol. The standard InChI is InChI=1S/C15H23N5O2S.HI/c1-4-16-14(17-8-7-13-19-11(2)20-22-13)18-10-15(3,21)12-6-5-9-23-12;/h5-6,9,21H,4,7-8,10H2,1-3H3,(H2,16,17,18);1H. The fourth-order valence-corrected chi connectivity index (χ4v) is 2.75. The van der Waals surface area contributed by atoms with Crippen LogP contribution in [0.2, 0.25) is 0 Å². The number of thiophene rings is 1. The van der Waals surface area contributed by atoms with Gasteiger partial charge in [-0.2, -0.15) is 4.98 Å². The molecule has 0 saturated carbocycles. The highest BCUT2D eigenvalue weighted by Crippen LogP contribution is 2.25. The number of aryl methyl sites for hydroxylation is 1. The van der Waals surface area contributed by atoms with Crippen LogP contribution in [0.3, 0.4) is 0 Å². The molecule has 0 fully saturated rings. The largest absolute Gasteiger partial charge is 0.383 e.